The molecule has 40 heavy (non-hydrogen) atoms. The molecule has 4 aromatic rings. The van der Waals surface area contributed by atoms with Crippen LogP contribution in [0.2, 0.25) is 0 Å². The molecule has 8 nitrogen and oxygen atoms in total. The molecule has 0 amide bonds. The zero-order valence-electron chi connectivity index (χ0n) is 22.5. The SMILES string of the molecule is CN(CCO)c1ccccn1.CN(CCOc1ccc(C=O)cc1)c1ccccn1.O=Cc1ccc(F)cc1.[V]. The van der Waals surface area contributed by atoms with E-state index < -0.39 is 0 Å². The fraction of sp³-hybridized carbons (Fsp3) is 0.200. The number of aldehydes is 2. The first-order valence-electron chi connectivity index (χ1n) is 12.2. The van der Waals surface area contributed by atoms with E-state index in [-0.39, 0.29) is 31.0 Å². The van der Waals surface area contributed by atoms with Gasteiger partial charge in [-0.2, -0.15) is 0 Å². The van der Waals surface area contributed by atoms with E-state index in [2.05, 4.69) is 9.97 Å². The molecule has 4 rings (SSSR count). The van der Waals surface area contributed by atoms with Crippen molar-refractivity contribution in [3.63, 3.8) is 0 Å². The first kappa shape index (κ1) is 34.0. The fourth-order valence-corrected chi connectivity index (χ4v) is 3.02. The molecule has 1 N–H and O–H groups in total. The summed E-state index contributed by atoms with van der Waals surface area (Å²) in [6.07, 6.45) is 5.01. The van der Waals surface area contributed by atoms with Crippen LogP contribution in [0.25, 0.3) is 0 Å². The number of benzene rings is 2. The zero-order chi connectivity index (χ0) is 28.3. The van der Waals surface area contributed by atoms with Gasteiger partial charge in [0.1, 0.15) is 42.4 Å². The summed E-state index contributed by atoms with van der Waals surface area (Å²) in [7, 11) is 3.87. The molecule has 2 aromatic heterocycles. The van der Waals surface area contributed by atoms with Crippen molar-refractivity contribution in [1.82, 2.24) is 9.97 Å². The van der Waals surface area contributed by atoms with Gasteiger partial charge in [-0.15, -0.1) is 0 Å². The molecule has 2 heterocycles. The molecule has 0 atom stereocenters. The second-order valence-corrected chi connectivity index (χ2v) is 8.15. The van der Waals surface area contributed by atoms with Crippen LogP contribution in [0.1, 0.15) is 20.7 Å². The van der Waals surface area contributed by atoms with Gasteiger partial charge >= 0.3 is 0 Å². The summed E-state index contributed by atoms with van der Waals surface area (Å²) in [6, 6.07) is 24.0. The summed E-state index contributed by atoms with van der Waals surface area (Å²) in [4.78, 5) is 32.8. The first-order valence-corrected chi connectivity index (χ1v) is 12.2. The number of likely N-dealkylation sites (N-methyl/N-ethyl adjacent to an activating group) is 2. The minimum Gasteiger partial charge on any atom is -0.492 e. The molecular weight excluding hydrogens is 550 g/mol. The van der Waals surface area contributed by atoms with Crippen molar-refractivity contribution in [1.29, 1.82) is 0 Å². The Labute approximate surface area is 246 Å². The van der Waals surface area contributed by atoms with Gasteiger partial charge in [0.2, 0.25) is 0 Å². The third-order valence-corrected chi connectivity index (χ3v) is 5.23. The van der Waals surface area contributed by atoms with E-state index in [4.69, 9.17) is 9.84 Å². The Morgan fingerprint density at radius 3 is 1.65 bits per heavy atom. The number of carbonyl (C=O) groups is 2. The number of ether oxygens (including phenoxy) is 1. The Morgan fingerprint density at radius 1 is 0.750 bits per heavy atom. The van der Waals surface area contributed by atoms with Crippen molar-refractivity contribution in [3.8, 4) is 5.75 Å². The van der Waals surface area contributed by atoms with E-state index in [1.165, 1.54) is 24.3 Å². The molecule has 2 aromatic carbocycles. The van der Waals surface area contributed by atoms with Crippen LogP contribution in [0.3, 0.4) is 0 Å². The average molecular weight is 584 g/mol. The number of halogens is 1. The number of anilines is 2. The summed E-state index contributed by atoms with van der Waals surface area (Å²) in [6.45, 7) is 2.09. The molecule has 0 spiro atoms. The van der Waals surface area contributed by atoms with Crippen LogP contribution in [0, 0.1) is 5.82 Å². The van der Waals surface area contributed by atoms with Gasteiger partial charge < -0.3 is 19.6 Å². The van der Waals surface area contributed by atoms with Crippen molar-refractivity contribution < 1.29 is 42.4 Å². The smallest absolute Gasteiger partial charge is 0.150 e. The Balaban J connectivity index is 0.000000324. The standard InChI is InChI=1S/C15H16N2O2.C8H12N2O.C7H5FO.V/c1-17(15-4-2-3-9-16-15)10-11-19-14-7-5-13(12-18)6-8-14;1-10(6-7-11)8-4-2-3-5-9-8;8-7-3-1-6(5-9)2-4-7;/h2-9,12H,10-11H2,1H3;2-5,11H,6-7H2,1H3;1-5H;. The number of aliphatic hydroxyl groups excluding tert-OH is 1. The number of hydrogen-bond donors (Lipinski definition) is 1. The molecule has 209 valence electrons. The molecule has 1 radical (unpaired) electrons. The van der Waals surface area contributed by atoms with Gasteiger partial charge in [0.15, 0.2) is 0 Å². The Hall–Kier alpha value is -4.05. The van der Waals surface area contributed by atoms with Crippen LogP contribution < -0.4 is 14.5 Å². The number of aliphatic hydroxyl groups is 1. The maximum atomic E-state index is 12.1. The quantitative estimate of drug-likeness (QED) is 0.272. The molecule has 0 aliphatic carbocycles. The molecule has 0 aliphatic rings. The van der Waals surface area contributed by atoms with Crippen molar-refractivity contribution >= 4 is 24.2 Å². The predicted octanol–water partition coefficient (Wildman–Crippen LogP) is 4.56. The third kappa shape index (κ3) is 13.1. The van der Waals surface area contributed by atoms with Crippen molar-refractivity contribution in [2.24, 2.45) is 0 Å². The molecule has 0 saturated heterocycles. The molecule has 0 saturated carbocycles. The number of pyridine rings is 2. The van der Waals surface area contributed by atoms with Crippen LogP contribution >= 0.6 is 0 Å². The topological polar surface area (TPSA) is 95.9 Å². The molecule has 0 bridgehead atoms. The summed E-state index contributed by atoms with van der Waals surface area (Å²) in [5.41, 5.74) is 1.15. The number of hydrogen-bond acceptors (Lipinski definition) is 8. The van der Waals surface area contributed by atoms with Crippen LogP contribution in [0.4, 0.5) is 16.0 Å². The van der Waals surface area contributed by atoms with Crippen LogP contribution in [-0.2, 0) is 18.6 Å². The van der Waals surface area contributed by atoms with Gasteiger partial charge in [-0.25, -0.2) is 14.4 Å². The zero-order valence-corrected chi connectivity index (χ0v) is 23.9. The molecule has 0 fully saturated rings. The van der Waals surface area contributed by atoms with Crippen LogP contribution in [0.15, 0.2) is 97.3 Å². The Kier molecular flexibility index (Phi) is 16.9. The number of nitrogens with zero attached hydrogens (tertiary/aromatic N) is 4. The van der Waals surface area contributed by atoms with Gasteiger partial charge in [0, 0.05) is 62.7 Å². The second-order valence-electron chi connectivity index (χ2n) is 8.15. The van der Waals surface area contributed by atoms with E-state index in [1.54, 1.807) is 36.7 Å². The van der Waals surface area contributed by atoms with Gasteiger partial charge in [-0.05, 0) is 72.8 Å². The van der Waals surface area contributed by atoms with E-state index in [1.807, 2.05) is 60.3 Å². The van der Waals surface area contributed by atoms with E-state index in [0.29, 0.717) is 30.6 Å². The van der Waals surface area contributed by atoms with Gasteiger partial charge in [-0.1, -0.05) is 12.1 Å². The van der Waals surface area contributed by atoms with Crippen molar-refractivity contribution in [2.45, 2.75) is 0 Å². The third-order valence-electron chi connectivity index (χ3n) is 5.23. The maximum Gasteiger partial charge on any atom is 0.150 e. The van der Waals surface area contributed by atoms with Gasteiger partial charge in [0.25, 0.3) is 0 Å². The average Bonchev–Trinajstić information content (AvgIpc) is 2.99. The number of rotatable bonds is 10. The van der Waals surface area contributed by atoms with Crippen LogP contribution in [-0.4, -0.2) is 68.0 Å². The van der Waals surface area contributed by atoms with Gasteiger partial charge in [-0.3, -0.25) is 9.59 Å². The largest absolute Gasteiger partial charge is 0.492 e. The summed E-state index contributed by atoms with van der Waals surface area (Å²) >= 11 is 0. The maximum absolute atomic E-state index is 12.1. The molecule has 0 aliphatic heterocycles. The van der Waals surface area contributed by atoms with Gasteiger partial charge in [0.05, 0.1) is 13.2 Å². The minimum absolute atomic E-state index is 0. The molecule has 0 unspecified atom stereocenters. The molecule has 10 heteroatoms. The number of aromatic nitrogens is 2. The van der Waals surface area contributed by atoms with E-state index >= 15 is 0 Å². The van der Waals surface area contributed by atoms with Crippen molar-refractivity contribution in [3.05, 3.63) is 114 Å². The normalized spacial score (nSPS) is 9.40. The summed E-state index contributed by atoms with van der Waals surface area (Å²) in [5.74, 6) is 2.25. The minimum atomic E-state index is -0.319. The monoisotopic (exact) mass is 583 g/mol. The van der Waals surface area contributed by atoms with E-state index in [9.17, 15) is 14.0 Å². The second kappa shape index (κ2) is 19.9. The number of carbonyl (C=O) groups excluding carboxylic acids is 2. The van der Waals surface area contributed by atoms with E-state index in [0.717, 1.165) is 30.2 Å². The fourth-order valence-electron chi connectivity index (χ4n) is 3.02. The molecular formula is C30H33FN4O4V. The Bertz CT molecular complexity index is 1220. The summed E-state index contributed by atoms with van der Waals surface area (Å²) in [5, 5.41) is 8.63. The summed E-state index contributed by atoms with van der Waals surface area (Å²) < 4.78 is 17.7. The van der Waals surface area contributed by atoms with Crippen LogP contribution in [0.5, 0.6) is 5.75 Å². The predicted molar refractivity (Wildman–Crippen MR) is 151 cm³/mol. The van der Waals surface area contributed by atoms with Crippen molar-refractivity contribution in [2.75, 3.05) is 50.2 Å². The Morgan fingerprint density at radius 2 is 1.23 bits per heavy atom. The first-order chi connectivity index (χ1) is 19.0.